The van der Waals surface area contributed by atoms with Crippen LogP contribution in [-0.2, 0) is 14.3 Å². The summed E-state index contributed by atoms with van der Waals surface area (Å²) in [6.07, 6.45) is 5.11. The minimum atomic E-state index is -0.592. The summed E-state index contributed by atoms with van der Waals surface area (Å²) in [6.45, 7) is 5.39. The molecule has 2 heterocycles. The predicted octanol–water partition coefficient (Wildman–Crippen LogP) is 1.37. The maximum absolute atomic E-state index is 12.2. The Bertz CT molecular complexity index is 499. The summed E-state index contributed by atoms with van der Waals surface area (Å²) < 4.78 is 4.90. The minimum absolute atomic E-state index is 0.0463. The van der Waals surface area contributed by atoms with Gasteiger partial charge >= 0.3 is 5.97 Å². The zero-order valence-corrected chi connectivity index (χ0v) is 13.1. The van der Waals surface area contributed by atoms with Crippen LogP contribution < -0.4 is 10.2 Å². The number of carbonyl (C=O) groups excluding carboxylic acids is 2. The van der Waals surface area contributed by atoms with E-state index in [4.69, 9.17) is 4.74 Å². The van der Waals surface area contributed by atoms with Crippen molar-refractivity contribution in [2.75, 3.05) is 24.6 Å². The van der Waals surface area contributed by atoms with Crippen molar-refractivity contribution in [3.8, 4) is 0 Å². The van der Waals surface area contributed by atoms with Crippen molar-refractivity contribution in [1.29, 1.82) is 0 Å². The fraction of sp³-hybridized carbons (Fsp3) is 0.562. The molecule has 1 unspecified atom stereocenters. The van der Waals surface area contributed by atoms with Crippen LogP contribution >= 0.6 is 0 Å². The van der Waals surface area contributed by atoms with Gasteiger partial charge in [0.25, 0.3) is 0 Å². The first-order chi connectivity index (χ1) is 10.6. The Hall–Kier alpha value is -2.11. The van der Waals surface area contributed by atoms with Crippen molar-refractivity contribution in [2.24, 2.45) is 5.92 Å². The van der Waals surface area contributed by atoms with Crippen LogP contribution in [0.4, 0.5) is 5.69 Å². The van der Waals surface area contributed by atoms with E-state index < -0.39 is 6.04 Å². The van der Waals surface area contributed by atoms with Gasteiger partial charge in [0.05, 0.1) is 6.61 Å². The Morgan fingerprint density at radius 3 is 2.59 bits per heavy atom. The van der Waals surface area contributed by atoms with Crippen molar-refractivity contribution < 1.29 is 14.3 Å². The highest BCUT2D eigenvalue weighted by Crippen LogP contribution is 2.22. The Kier molecular flexibility index (Phi) is 5.75. The van der Waals surface area contributed by atoms with Crippen LogP contribution in [0.1, 0.15) is 26.7 Å². The second-order valence-electron chi connectivity index (χ2n) is 5.45. The van der Waals surface area contributed by atoms with Gasteiger partial charge in [0.2, 0.25) is 5.91 Å². The number of pyridine rings is 1. The van der Waals surface area contributed by atoms with Gasteiger partial charge in [0.1, 0.15) is 6.04 Å². The van der Waals surface area contributed by atoms with E-state index in [0.717, 1.165) is 31.6 Å². The van der Waals surface area contributed by atoms with Crippen molar-refractivity contribution in [3.63, 3.8) is 0 Å². The molecule has 2 rings (SSSR count). The fourth-order valence-electron chi connectivity index (χ4n) is 2.61. The quantitative estimate of drug-likeness (QED) is 0.832. The number of nitrogens with zero attached hydrogens (tertiary/aromatic N) is 2. The van der Waals surface area contributed by atoms with Gasteiger partial charge in [0.15, 0.2) is 0 Å². The van der Waals surface area contributed by atoms with Crippen LogP contribution in [0.25, 0.3) is 0 Å². The molecule has 22 heavy (non-hydrogen) atoms. The third-order valence-corrected chi connectivity index (χ3v) is 3.89. The molecule has 1 aliphatic rings. The van der Waals surface area contributed by atoms with Crippen LogP contribution in [0.5, 0.6) is 0 Å². The highest BCUT2D eigenvalue weighted by Gasteiger charge is 2.27. The summed E-state index contributed by atoms with van der Waals surface area (Å²) in [7, 11) is 0. The van der Waals surface area contributed by atoms with E-state index in [2.05, 4.69) is 15.2 Å². The van der Waals surface area contributed by atoms with Gasteiger partial charge in [-0.15, -0.1) is 0 Å². The van der Waals surface area contributed by atoms with Crippen LogP contribution in [0.3, 0.4) is 0 Å². The molecule has 0 aromatic carbocycles. The van der Waals surface area contributed by atoms with E-state index in [9.17, 15) is 9.59 Å². The number of piperidine rings is 1. The van der Waals surface area contributed by atoms with Crippen molar-refractivity contribution in [1.82, 2.24) is 10.3 Å². The molecule has 6 heteroatoms. The normalized spacial score (nSPS) is 16.9. The molecule has 1 N–H and O–H groups in total. The Labute approximate surface area is 130 Å². The van der Waals surface area contributed by atoms with Crippen molar-refractivity contribution in [3.05, 3.63) is 24.5 Å². The molecule has 6 nitrogen and oxygen atoms in total. The summed E-state index contributed by atoms with van der Waals surface area (Å²) in [5.74, 6) is -0.491. The van der Waals surface area contributed by atoms with E-state index >= 15 is 0 Å². The molecule has 1 aromatic heterocycles. The monoisotopic (exact) mass is 305 g/mol. The molecule has 120 valence electrons. The summed E-state index contributed by atoms with van der Waals surface area (Å²) in [5.41, 5.74) is 1.13. The zero-order valence-electron chi connectivity index (χ0n) is 13.1. The average molecular weight is 305 g/mol. The number of ether oxygens (including phenoxy) is 1. The number of anilines is 1. The van der Waals surface area contributed by atoms with Crippen LogP contribution in [-0.4, -0.2) is 42.6 Å². The molecule has 0 saturated carbocycles. The zero-order chi connectivity index (χ0) is 15.9. The standard InChI is InChI=1S/C16H23N3O3/c1-3-22-16(21)12(2)18-15(20)13-6-10-19(11-7-13)14-4-8-17-9-5-14/h4-5,8-9,12-13H,3,6-7,10-11H2,1-2H3,(H,18,20). The lowest BCUT2D eigenvalue weighted by atomic mass is 9.95. The number of amides is 1. The maximum atomic E-state index is 12.2. The van der Waals surface area contributed by atoms with Gasteiger partial charge in [-0.05, 0) is 38.8 Å². The van der Waals surface area contributed by atoms with Crippen LogP contribution in [0, 0.1) is 5.92 Å². The smallest absolute Gasteiger partial charge is 0.328 e. The van der Waals surface area contributed by atoms with Gasteiger partial charge in [-0.1, -0.05) is 0 Å². The molecular formula is C16H23N3O3. The molecule has 1 amide bonds. The third-order valence-electron chi connectivity index (χ3n) is 3.89. The van der Waals surface area contributed by atoms with E-state index in [0.29, 0.717) is 6.61 Å². The summed E-state index contributed by atoms with van der Waals surface area (Å²) in [5, 5.41) is 2.75. The van der Waals surface area contributed by atoms with Gasteiger partial charge in [-0.3, -0.25) is 9.78 Å². The lowest BCUT2D eigenvalue weighted by Crippen LogP contribution is -2.46. The molecule has 0 radical (unpaired) electrons. The number of hydrogen-bond acceptors (Lipinski definition) is 5. The predicted molar refractivity (Wildman–Crippen MR) is 83.4 cm³/mol. The molecule has 0 bridgehead atoms. The number of rotatable bonds is 5. The maximum Gasteiger partial charge on any atom is 0.328 e. The first-order valence-electron chi connectivity index (χ1n) is 7.73. The molecule has 1 saturated heterocycles. The van der Waals surface area contributed by atoms with Crippen LogP contribution in [0.15, 0.2) is 24.5 Å². The summed E-state index contributed by atoms with van der Waals surface area (Å²) in [6, 6.07) is 3.36. The number of aromatic nitrogens is 1. The van der Waals surface area contributed by atoms with Crippen molar-refractivity contribution in [2.45, 2.75) is 32.7 Å². The fourth-order valence-corrected chi connectivity index (χ4v) is 2.61. The summed E-state index contributed by atoms with van der Waals surface area (Å²) in [4.78, 5) is 30.0. The first kappa shape index (κ1) is 16.3. The largest absolute Gasteiger partial charge is 0.464 e. The van der Waals surface area contributed by atoms with Gasteiger partial charge in [0, 0.05) is 37.1 Å². The number of hydrogen-bond donors (Lipinski definition) is 1. The molecule has 0 aliphatic carbocycles. The average Bonchev–Trinajstić information content (AvgIpc) is 2.56. The number of nitrogens with one attached hydrogen (secondary N) is 1. The number of carbonyl (C=O) groups is 2. The molecule has 1 aliphatic heterocycles. The lowest BCUT2D eigenvalue weighted by molar-refractivity contribution is -0.147. The Morgan fingerprint density at radius 2 is 2.00 bits per heavy atom. The molecular weight excluding hydrogens is 282 g/mol. The molecule has 0 spiro atoms. The van der Waals surface area contributed by atoms with Crippen molar-refractivity contribution >= 4 is 17.6 Å². The summed E-state index contributed by atoms with van der Waals surface area (Å²) >= 11 is 0. The third kappa shape index (κ3) is 4.19. The highest BCUT2D eigenvalue weighted by molar-refractivity contribution is 5.85. The number of esters is 1. The highest BCUT2D eigenvalue weighted by atomic mass is 16.5. The van der Waals surface area contributed by atoms with E-state index in [1.165, 1.54) is 0 Å². The first-order valence-corrected chi connectivity index (χ1v) is 7.73. The SMILES string of the molecule is CCOC(=O)C(C)NC(=O)C1CCN(c2ccncc2)CC1. The second kappa shape index (κ2) is 7.77. The lowest BCUT2D eigenvalue weighted by Gasteiger charge is -2.33. The van der Waals surface area contributed by atoms with Gasteiger partial charge < -0.3 is 15.0 Å². The topological polar surface area (TPSA) is 71.5 Å². The van der Waals surface area contributed by atoms with E-state index in [1.54, 1.807) is 26.2 Å². The molecule has 1 atom stereocenters. The van der Waals surface area contributed by atoms with E-state index in [-0.39, 0.29) is 17.8 Å². The Balaban J connectivity index is 1.81. The Morgan fingerprint density at radius 1 is 1.36 bits per heavy atom. The minimum Gasteiger partial charge on any atom is -0.464 e. The molecule has 1 aromatic rings. The van der Waals surface area contributed by atoms with Gasteiger partial charge in [-0.25, -0.2) is 4.79 Å². The van der Waals surface area contributed by atoms with Gasteiger partial charge in [-0.2, -0.15) is 0 Å². The van der Waals surface area contributed by atoms with E-state index in [1.807, 2.05) is 12.1 Å². The van der Waals surface area contributed by atoms with Crippen LogP contribution in [0.2, 0.25) is 0 Å². The molecule has 1 fully saturated rings. The second-order valence-corrected chi connectivity index (χ2v) is 5.45.